The Hall–Kier alpha value is -3.67. The lowest BCUT2D eigenvalue weighted by Gasteiger charge is -2.11. The predicted octanol–water partition coefficient (Wildman–Crippen LogP) is 4.11. The number of nitrogens with zero attached hydrogens (tertiary/aromatic N) is 3. The highest BCUT2D eigenvalue weighted by molar-refractivity contribution is 6.15. The van der Waals surface area contributed by atoms with Crippen LogP contribution in [0.3, 0.4) is 0 Å². The van der Waals surface area contributed by atoms with Gasteiger partial charge in [0.05, 0.1) is 40.1 Å². The molecular weight excluding hydrogens is 314 g/mol. The lowest BCUT2D eigenvalue weighted by atomic mass is 10.1. The molecule has 0 unspecified atom stereocenters. The third-order valence-electron chi connectivity index (χ3n) is 4.26. The zero-order valence-electron chi connectivity index (χ0n) is 13.1. The first kappa shape index (κ1) is 13.7. The number of aromatic nitrogens is 4. The molecule has 0 atom stereocenters. The van der Waals surface area contributed by atoms with Gasteiger partial charge >= 0.3 is 0 Å². The summed E-state index contributed by atoms with van der Waals surface area (Å²) in [7, 11) is 0. The van der Waals surface area contributed by atoms with Crippen molar-refractivity contribution in [2.75, 3.05) is 5.32 Å². The van der Waals surface area contributed by atoms with Crippen LogP contribution >= 0.6 is 0 Å². The number of benzene rings is 1. The molecule has 4 heterocycles. The van der Waals surface area contributed by atoms with Crippen LogP contribution < -0.4 is 5.32 Å². The lowest BCUT2D eigenvalue weighted by Crippen LogP contribution is -1.95. The second-order valence-corrected chi connectivity index (χ2v) is 5.82. The van der Waals surface area contributed by atoms with Gasteiger partial charge in [0.1, 0.15) is 5.75 Å². The fraction of sp³-hybridized carbons (Fsp3) is 0. The van der Waals surface area contributed by atoms with E-state index in [9.17, 15) is 5.11 Å². The van der Waals surface area contributed by atoms with Crippen molar-refractivity contribution in [2.24, 2.45) is 0 Å². The maximum absolute atomic E-state index is 9.50. The van der Waals surface area contributed by atoms with Gasteiger partial charge in [-0.15, -0.1) is 0 Å². The number of aromatic hydroxyl groups is 1. The molecule has 0 saturated heterocycles. The van der Waals surface area contributed by atoms with E-state index >= 15 is 0 Å². The van der Waals surface area contributed by atoms with E-state index in [1.165, 1.54) is 0 Å². The van der Waals surface area contributed by atoms with E-state index in [-0.39, 0.29) is 5.75 Å². The molecule has 0 bridgehead atoms. The van der Waals surface area contributed by atoms with Crippen molar-refractivity contribution in [3.05, 3.63) is 61.2 Å². The molecule has 3 N–H and O–H groups in total. The van der Waals surface area contributed by atoms with Crippen molar-refractivity contribution >= 4 is 44.2 Å². The van der Waals surface area contributed by atoms with Crippen molar-refractivity contribution in [3.63, 3.8) is 0 Å². The summed E-state index contributed by atoms with van der Waals surface area (Å²) >= 11 is 0. The Balaban J connectivity index is 1.84. The van der Waals surface area contributed by atoms with Crippen molar-refractivity contribution in [3.8, 4) is 5.75 Å². The Morgan fingerprint density at radius 1 is 0.880 bits per heavy atom. The van der Waals surface area contributed by atoms with Crippen LogP contribution in [0, 0.1) is 0 Å². The Bertz CT molecular complexity index is 1230. The molecule has 4 aromatic heterocycles. The van der Waals surface area contributed by atoms with Crippen LogP contribution in [-0.2, 0) is 0 Å². The van der Waals surface area contributed by atoms with Crippen molar-refractivity contribution in [1.29, 1.82) is 0 Å². The van der Waals surface area contributed by atoms with Gasteiger partial charge in [-0.1, -0.05) is 0 Å². The minimum atomic E-state index is 0.233. The number of phenolic OH excluding ortho intramolecular Hbond substituents is 1. The van der Waals surface area contributed by atoms with E-state index in [0.717, 1.165) is 44.2 Å². The molecule has 0 saturated carbocycles. The van der Waals surface area contributed by atoms with Gasteiger partial charge < -0.3 is 15.4 Å². The number of rotatable bonds is 2. The summed E-state index contributed by atoms with van der Waals surface area (Å²) in [6, 6.07) is 10.9. The average molecular weight is 327 g/mol. The first-order valence-electron chi connectivity index (χ1n) is 7.85. The molecule has 5 aromatic rings. The average Bonchev–Trinajstić information content (AvgIpc) is 3.02. The molecular formula is C19H13N5O. The largest absolute Gasteiger partial charge is 0.508 e. The quantitative estimate of drug-likeness (QED) is 0.425. The Labute approximate surface area is 142 Å². The lowest BCUT2D eigenvalue weighted by molar-refractivity contribution is 0.475. The second-order valence-electron chi connectivity index (χ2n) is 5.82. The third-order valence-corrected chi connectivity index (χ3v) is 4.26. The molecule has 6 nitrogen and oxygen atoms in total. The van der Waals surface area contributed by atoms with Gasteiger partial charge in [-0.2, -0.15) is 0 Å². The first-order valence-corrected chi connectivity index (χ1v) is 7.85. The summed E-state index contributed by atoms with van der Waals surface area (Å²) in [5.41, 5.74) is 5.33. The van der Waals surface area contributed by atoms with Crippen LogP contribution in [0.25, 0.3) is 32.8 Å². The fourth-order valence-electron chi connectivity index (χ4n) is 3.09. The number of fused-ring (bicyclic) bond motifs is 4. The molecule has 0 amide bonds. The second kappa shape index (κ2) is 5.17. The topological polar surface area (TPSA) is 86.7 Å². The number of H-pyrrole nitrogens is 1. The van der Waals surface area contributed by atoms with Gasteiger partial charge in [-0.05, 0) is 36.4 Å². The summed E-state index contributed by atoms with van der Waals surface area (Å²) in [4.78, 5) is 16.6. The SMILES string of the molecule is Oc1ccc(Nc2c3ccncc3nc3c2[nH]c2cnccc23)cc1. The molecule has 6 heteroatoms. The number of nitrogens with one attached hydrogen (secondary N) is 2. The number of hydrogen-bond acceptors (Lipinski definition) is 5. The highest BCUT2D eigenvalue weighted by Gasteiger charge is 2.14. The molecule has 0 aliphatic rings. The Morgan fingerprint density at radius 2 is 1.64 bits per heavy atom. The van der Waals surface area contributed by atoms with Crippen LogP contribution in [0.5, 0.6) is 5.75 Å². The maximum atomic E-state index is 9.50. The standard InChI is InChI=1S/C19H13N5O/c25-12-3-1-11(2-4-12)22-17-13-5-7-20-9-15(13)23-18-14-6-8-21-10-16(14)24-19(17)18/h1-10,24-25H,(H,22,23). The van der Waals surface area contributed by atoms with Gasteiger partial charge in [-0.3, -0.25) is 9.97 Å². The minimum Gasteiger partial charge on any atom is -0.508 e. The molecule has 0 spiro atoms. The molecule has 0 aliphatic carbocycles. The summed E-state index contributed by atoms with van der Waals surface area (Å²) in [6.07, 6.45) is 7.07. The van der Waals surface area contributed by atoms with Crippen LogP contribution in [0.1, 0.15) is 0 Å². The molecule has 5 rings (SSSR count). The summed E-state index contributed by atoms with van der Waals surface area (Å²) in [6.45, 7) is 0. The van der Waals surface area contributed by atoms with E-state index in [1.54, 1.807) is 36.9 Å². The number of pyridine rings is 3. The van der Waals surface area contributed by atoms with Gasteiger partial charge in [-0.25, -0.2) is 4.98 Å². The minimum absolute atomic E-state index is 0.233. The molecule has 1 aromatic carbocycles. The highest BCUT2D eigenvalue weighted by Crippen LogP contribution is 2.35. The number of hydrogen-bond donors (Lipinski definition) is 3. The molecule has 0 fully saturated rings. The first-order chi connectivity index (χ1) is 12.3. The fourth-order valence-corrected chi connectivity index (χ4v) is 3.09. The van der Waals surface area contributed by atoms with E-state index < -0.39 is 0 Å². The van der Waals surface area contributed by atoms with Gasteiger partial charge in [0, 0.05) is 28.9 Å². The van der Waals surface area contributed by atoms with Crippen molar-refractivity contribution in [1.82, 2.24) is 19.9 Å². The molecule has 0 radical (unpaired) electrons. The third kappa shape index (κ3) is 2.15. The maximum Gasteiger partial charge on any atom is 0.115 e. The predicted molar refractivity (Wildman–Crippen MR) is 98.1 cm³/mol. The summed E-state index contributed by atoms with van der Waals surface area (Å²) < 4.78 is 0. The van der Waals surface area contributed by atoms with Crippen LogP contribution in [0.15, 0.2) is 61.2 Å². The van der Waals surface area contributed by atoms with Gasteiger partial charge in [0.15, 0.2) is 0 Å². The summed E-state index contributed by atoms with van der Waals surface area (Å²) in [5, 5.41) is 14.9. The number of aromatic amines is 1. The van der Waals surface area contributed by atoms with Gasteiger partial charge in [0.25, 0.3) is 0 Å². The van der Waals surface area contributed by atoms with Crippen LogP contribution in [0.4, 0.5) is 11.4 Å². The number of phenols is 1. The highest BCUT2D eigenvalue weighted by atomic mass is 16.3. The van der Waals surface area contributed by atoms with E-state index in [1.807, 2.05) is 24.3 Å². The zero-order valence-corrected chi connectivity index (χ0v) is 13.1. The van der Waals surface area contributed by atoms with Gasteiger partial charge in [0.2, 0.25) is 0 Å². The van der Waals surface area contributed by atoms with Crippen molar-refractivity contribution < 1.29 is 5.11 Å². The summed E-state index contributed by atoms with van der Waals surface area (Å²) in [5.74, 6) is 0.233. The zero-order chi connectivity index (χ0) is 16.8. The van der Waals surface area contributed by atoms with Crippen LogP contribution in [-0.4, -0.2) is 25.0 Å². The Morgan fingerprint density at radius 3 is 2.48 bits per heavy atom. The monoisotopic (exact) mass is 327 g/mol. The Kier molecular flexibility index (Phi) is 2.84. The van der Waals surface area contributed by atoms with Crippen LogP contribution in [0.2, 0.25) is 0 Å². The smallest absolute Gasteiger partial charge is 0.115 e. The molecule has 0 aliphatic heterocycles. The molecule has 120 valence electrons. The normalized spacial score (nSPS) is 11.4. The van der Waals surface area contributed by atoms with Crippen molar-refractivity contribution in [2.45, 2.75) is 0 Å². The van der Waals surface area contributed by atoms with E-state index in [4.69, 9.17) is 4.98 Å². The number of anilines is 2. The molecule has 25 heavy (non-hydrogen) atoms. The van der Waals surface area contributed by atoms with E-state index in [2.05, 4.69) is 20.3 Å². The van der Waals surface area contributed by atoms with E-state index in [0.29, 0.717) is 0 Å².